The molecule has 2 heterocycles. The van der Waals surface area contributed by atoms with Crippen molar-refractivity contribution in [3.63, 3.8) is 0 Å². The van der Waals surface area contributed by atoms with Crippen molar-refractivity contribution >= 4 is 33.0 Å². The number of aryl methyl sites for hydroxylation is 1. The summed E-state index contributed by atoms with van der Waals surface area (Å²) < 4.78 is 5.29. The quantitative estimate of drug-likeness (QED) is 0.504. The lowest BCUT2D eigenvalue weighted by atomic mass is 10.2. The lowest BCUT2D eigenvalue weighted by Crippen LogP contribution is -2.37. The van der Waals surface area contributed by atoms with Crippen LogP contribution in [0.2, 0.25) is 0 Å². The van der Waals surface area contributed by atoms with Gasteiger partial charge in [-0.15, -0.1) is 0 Å². The van der Waals surface area contributed by atoms with Crippen LogP contribution in [-0.2, 0) is 27.2 Å². The minimum atomic E-state index is -0.400. The molecule has 8 heteroatoms. The van der Waals surface area contributed by atoms with E-state index in [9.17, 15) is 9.59 Å². The van der Waals surface area contributed by atoms with Crippen molar-refractivity contribution in [2.75, 3.05) is 5.32 Å². The Morgan fingerprint density at radius 1 is 0.966 bits per heavy atom. The van der Waals surface area contributed by atoms with E-state index in [0.29, 0.717) is 30.2 Å². The lowest BCUT2D eigenvalue weighted by Gasteiger charge is -2.12. The van der Waals surface area contributed by atoms with Crippen LogP contribution < -0.4 is 16.6 Å². The van der Waals surface area contributed by atoms with Crippen LogP contribution in [0.4, 0.5) is 5.95 Å². The van der Waals surface area contributed by atoms with Crippen LogP contribution in [-0.4, -0.2) is 18.7 Å². The summed E-state index contributed by atoms with van der Waals surface area (Å²) >= 11 is 3.57. The van der Waals surface area contributed by atoms with Crippen LogP contribution in [0.5, 0.6) is 0 Å². The zero-order chi connectivity index (χ0) is 20.5. The van der Waals surface area contributed by atoms with Gasteiger partial charge < -0.3 is 5.32 Å². The first-order chi connectivity index (χ1) is 14.0. The molecule has 0 aliphatic carbocycles. The van der Waals surface area contributed by atoms with Crippen molar-refractivity contribution in [3.8, 4) is 0 Å². The summed E-state index contributed by atoms with van der Waals surface area (Å²) in [7, 11) is 3.11. The zero-order valence-electron chi connectivity index (χ0n) is 16.1. The van der Waals surface area contributed by atoms with Crippen LogP contribution in [0.1, 0.15) is 11.1 Å². The van der Waals surface area contributed by atoms with Gasteiger partial charge in [-0.3, -0.25) is 18.5 Å². The van der Waals surface area contributed by atoms with E-state index in [-0.39, 0.29) is 5.56 Å². The van der Waals surface area contributed by atoms with Crippen molar-refractivity contribution < 1.29 is 0 Å². The van der Waals surface area contributed by atoms with Gasteiger partial charge >= 0.3 is 5.69 Å². The number of fused-ring (bicyclic) bond motifs is 1. The molecular weight excluding hydrogens is 434 g/mol. The minimum absolute atomic E-state index is 0.362. The molecule has 0 spiro atoms. The van der Waals surface area contributed by atoms with Gasteiger partial charge in [-0.25, -0.2) is 4.79 Å². The van der Waals surface area contributed by atoms with Gasteiger partial charge in [0.25, 0.3) is 5.56 Å². The Balaban J connectivity index is 1.88. The number of aromatic nitrogens is 4. The summed E-state index contributed by atoms with van der Waals surface area (Å²) in [6, 6.07) is 17.8. The van der Waals surface area contributed by atoms with Crippen molar-refractivity contribution in [2.45, 2.75) is 13.1 Å². The van der Waals surface area contributed by atoms with Gasteiger partial charge in [0.15, 0.2) is 11.2 Å². The molecule has 29 heavy (non-hydrogen) atoms. The van der Waals surface area contributed by atoms with Gasteiger partial charge in [-0.2, -0.15) is 4.98 Å². The first-order valence-corrected chi connectivity index (χ1v) is 9.94. The highest BCUT2D eigenvalue weighted by Crippen LogP contribution is 2.22. The van der Waals surface area contributed by atoms with E-state index in [4.69, 9.17) is 0 Å². The average molecular weight is 454 g/mol. The molecule has 0 saturated carbocycles. The molecule has 0 amide bonds. The Morgan fingerprint density at radius 3 is 2.38 bits per heavy atom. The number of imidazole rings is 1. The number of rotatable bonds is 5. The molecule has 0 bridgehead atoms. The molecule has 4 rings (SSSR count). The van der Waals surface area contributed by atoms with E-state index in [1.165, 1.54) is 11.6 Å². The third-order valence-electron chi connectivity index (χ3n) is 4.93. The molecule has 0 unspecified atom stereocenters. The number of anilines is 1. The summed E-state index contributed by atoms with van der Waals surface area (Å²) in [6.45, 7) is 0.983. The second-order valence-corrected chi connectivity index (χ2v) is 7.68. The first kappa shape index (κ1) is 19.2. The Hall–Kier alpha value is -3.13. The van der Waals surface area contributed by atoms with E-state index in [2.05, 4.69) is 26.2 Å². The molecule has 0 aliphatic rings. The molecular formula is C21H20BrN5O2. The SMILES string of the molecule is Cn1c(=O)c2c(nc(NCc3ccccc3)n2Cc2ccccc2Br)n(C)c1=O. The standard InChI is InChI=1S/C21H20BrN5O2/c1-25-18-17(19(28)26(2)21(25)29)27(13-15-10-6-7-11-16(15)22)20(24-18)23-12-14-8-4-3-5-9-14/h3-11H,12-13H2,1-2H3,(H,23,24). The molecule has 0 radical (unpaired) electrons. The van der Waals surface area contributed by atoms with Gasteiger partial charge in [0.05, 0.1) is 6.54 Å². The van der Waals surface area contributed by atoms with Crippen LogP contribution in [0.3, 0.4) is 0 Å². The molecule has 1 N–H and O–H groups in total. The Morgan fingerprint density at radius 2 is 1.66 bits per heavy atom. The fourth-order valence-electron chi connectivity index (χ4n) is 3.31. The maximum atomic E-state index is 12.9. The molecule has 2 aromatic carbocycles. The third kappa shape index (κ3) is 3.51. The maximum Gasteiger partial charge on any atom is 0.332 e. The van der Waals surface area contributed by atoms with Crippen molar-refractivity contribution in [3.05, 3.63) is 91.0 Å². The monoisotopic (exact) mass is 453 g/mol. The minimum Gasteiger partial charge on any atom is -0.351 e. The van der Waals surface area contributed by atoms with Crippen LogP contribution in [0, 0.1) is 0 Å². The zero-order valence-corrected chi connectivity index (χ0v) is 17.7. The van der Waals surface area contributed by atoms with Gasteiger partial charge in [-0.05, 0) is 17.2 Å². The summed E-state index contributed by atoms with van der Waals surface area (Å²) in [5.41, 5.74) is 2.08. The van der Waals surface area contributed by atoms with Crippen molar-refractivity contribution in [1.82, 2.24) is 18.7 Å². The molecule has 0 fully saturated rings. The Kier molecular flexibility index (Phi) is 5.10. The van der Waals surface area contributed by atoms with Crippen molar-refractivity contribution in [2.24, 2.45) is 14.1 Å². The van der Waals surface area contributed by atoms with E-state index >= 15 is 0 Å². The Labute approximate surface area is 175 Å². The number of nitrogens with one attached hydrogen (secondary N) is 1. The molecule has 0 aliphatic heterocycles. The summed E-state index contributed by atoms with van der Waals surface area (Å²) in [4.78, 5) is 29.9. The number of hydrogen-bond donors (Lipinski definition) is 1. The second kappa shape index (κ2) is 7.71. The van der Waals surface area contributed by atoms with Gasteiger partial charge in [0, 0.05) is 25.1 Å². The van der Waals surface area contributed by atoms with Gasteiger partial charge in [0.1, 0.15) is 0 Å². The smallest absolute Gasteiger partial charge is 0.332 e. The topological polar surface area (TPSA) is 73.8 Å². The molecule has 0 saturated heterocycles. The molecule has 7 nitrogen and oxygen atoms in total. The fourth-order valence-corrected chi connectivity index (χ4v) is 3.72. The number of nitrogens with zero attached hydrogens (tertiary/aromatic N) is 4. The molecule has 4 aromatic rings. The van der Waals surface area contributed by atoms with Crippen LogP contribution in [0.15, 0.2) is 68.7 Å². The molecule has 148 valence electrons. The molecule has 2 aromatic heterocycles. The first-order valence-electron chi connectivity index (χ1n) is 9.15. The number of halogens is 1. The van der Waals surface area contributed by atoms with Gasteiger partial charge in [-0.1, -0.05) is 64.5 Å². The van der Waals surface area contributed by atoms with E-state index < -0.39 is 5.69 Å². The van der Waals surface area contributed by atoms with E-state index in [1.807, 2.05) is 59.2 Å². The highest BCUT2D eigenvalue weighted by atomic mass is 79.9. The largest absolute Gasteiger partial charge is 0.351 e. The molecule has 0 atom stereocenters. The van der Waals surface area contributed by atoms with Gasteiger partial charge in [0.2, 0.25) is 5.95 Å². The predicted octanol–water partition coefficient (Wildman–Crippen LogP) is 2.86. The average Bonchev–Trinajstić information content (AvgIpc) is 3.10. The second-order valence-electron chi connectivity index (χ2n) is 6.83. The lowest BCUT2D eigenvalue weighted by molar-refractivity contribution is 0.702. The summed E-state index contributed by atoms with van der Waals surface area (Å²) in [5.74, 6) is 0.540. The van der Waals surface area contributed by atoms with Crippen molar-refractivity contribution in [1.29, 1.82) is 0 Å². The maximum absolute atomic E-state index is 12.9. The van der Waals surface area contributed by atoms with Crippen LogP contribution >= 0.6 is 15.9 Å². The fraction of sp³-hybridized carbons (Fsp3) is 0.190. The number of hydrogen-bond acceptors (Lipinski definition) is 4. The Bertz CT molecular complexity index is 1300. The highest BCUT2D eigenvalue weighted by molar-refractivity contribution is 9.10. The van der Waals surface area contributed by atoms with E-state index in [1.54, 1.807) is 7.05 Å². The third-order valence-corrected chi connectivity index (χ3v) is 5.70. The normalized spacial score (nSPS) is 11.1. The highest BCUT2D eigenvalue weighted by Gasteiger charge is 2.19. The van der Waals surface area contributed by atoms with Crippen LogP contribution in [0.25, 0.3) is 11.2 Å². The number of benzene rings is 2. The van der Waals surface area contributed by atoms with E-state index in [0.717, 1.165) is 20.2 Å². The predicted molar refractivity (Wildman–Crippen MR) is 117 cm³/mol. The summed E-state index contributed by atoms with van der Waals surface area (Å²) in [5, 5.41) is 3.33. The summed E-state index contributed by atoms with van der Waals surface area (Å²) in [6.07, 6.45) is 0.